The number of hydrogen-bond acceptors (Lipinski definition) is 6. The van der Waals surface area contributed by atoms with Crippen molar-refractivity contribution < 1.29 is 4.74 Å². The van der Waals surface area contributed by atoms with Crippen molar-refractivity contribution in [1.29, 1.82) is 0 Å². The quantitative estimate of drug-likeness (QED) is 0.820. The van der Waals surface area contributed by atoms with E-state index in [2.05, 4.69) is 19.9 Å². The van der Waals surface area contributed by atoms with Crippen molar-refractivity contribution in [3.8, 4) is 0 Å². The summed E-state index contributed by atoms with van der Waals surface area (Å²) in [5, 5.41) is 0.390. The lowest BCUT2D eigenvalue weighted by Gasteiger charge is -2.22. The summed E-state index contributed by atoms with van der Waals surface area (Å²) < 4.78 is 5.14. The van der Waals surface area contributed by atoms with E-state index in [0.29, 0.717) is 11.8 Å². The van der Waals surface area contributed by atoms with Gasteiger partial charge >= 0.3 is 0 Å². The van der Waals surface area contributed by atoms with E-state index in [1.54, 1.807) is 24.6 Å². The lowest BCUT2D eigenvalue weighted by molar-refractivity contribution is 0.205. The Bertz CT molecular complexity index is 534. The fourth-order valence-corrected chi connectivity index (χ4v) is 2.55. The van der Waals surface area contributed by atoms with Crippen LogP contribution in [0.25, 0.3) is 0 Å². The summed E-state index contributed by atoms with van der Waals surface area (Å²) in [5.74, 6) is 0.748. The van der Waals surface area contributed by atoms with Crippen molar-refractivity contribution in [2.75, 3.05) is 25.2 Å². The summed E-state index contributed by atoms with van der Waals surface area (Å²) in [5.41, 5.74) is 2.89. The van der Waals surface area contributed by atoms with Crippen molar-refractivity contribution >= 4 is 28.8 Å². The molecule has 2 aromatic heterocycles. The van der Waals surface area contributed by atoms with Gasteiger partial charge in [0.25, 0.3) is 0 Å². The second-order valence-electron chi connectivity index (χ2n) is 3.98. The van der Waals surface area contributed by atoms with Gasteiger partial charge in [0.15, 0.2) is 0 Å². The topological polar surface area (TPSA) is 51.1 Å². The molecule has 2 aromatic rings. The average molecular weight is 299 g/mol. The lowest BCUT2D eigenvalue weighted by Crippen LogP contribution is -2.27. The predicted octanol–water partition coefficient (Wildman–Crippen LogP) is 2.55. The van der Waals surface area contributed by atoms with Crippen molar-refractivity contribution in [3.63, 3.8) is 0 Å². The number of methoxy groups -OCH3 is 1. The first-order chi connectivity index (χ1) is 9.20. The summed E-state index contributed by atoms with van der Waals surface area (Å²) in [7, 11) is 1.68. The van der Waals surface area contributed by atoms with Crippen LogP contribution in [0.4, 0.5) is 5.82 Å². The Morgan fingerprint density at radius 1 is 1.42 bits per heavy atom. The number of aryl methyl sites for hydroxylation is 1. The van der Waals surface area contributed by atoms with Gasteiger partial charge in [0, 0.05) is 18.5 Å². The van der Waals surface area contributed by atoms with Gasteiger partial charge in [0.1, 0.15) is 11.0 Å². The highest BCUT2D eigenvalue weighted by Gasteiger charge is 2.12. The zero-order chi connectivity index (χ0) is 13.7. The molecule has 7 heteroatoms. The number of ether oxygens (including phenoxy) is 1. The molecule has 0 aliphatic rings. The summed E-state index contributed by atoms with van der Waals surface area (Å²) in [6, 6.07) is 0. The molecule has 0 radical (unpaired) electrons. The van der Waals surface area contributed by atoms with Crippen molar-refractivity contribution in [3.05, 3.63) is 33.6 Å². The Labute approximate surface area is 121 Å². The third-order valence-electron chi connectivity index (χ3n) is 2.66. The zero-order valence-electron chi connectivity index (χ0n) is 10.8. The van der Waals surface area contributed by atoms with E-state index in [9.17, 15) is 0 Å². The smallest absolute Gasteiger partial charge is 0.149 e. The molecule has 19 heavy (non-hydrogen) atoms. The molecule has 0 N–H and O–H groups in total. The molecule has 0 bridgehead atoms. The lowest BCUT2D eigenvalue weighted by atomic mass is 10.3. The van der Waals surface area contributed by atoms with E-state index >= 15 is 0 Å². The Hall–Kier alpha value is -1.24. The molecule has 0 aliphatic heterocycles. The maximum atomic E-state index is 5.89. The van der Waals surface area contributed by atoms with Gasteiger partial charge in [-0.3, -0.25) is 4.98 Å². The molecule has 0 atom stereocenters. The summed E-state index contributed by atoms with van der Waals surface area (Å²) in [6.45, 7) is 4.08. The van der Waals surface area contributed by atoms with E-state index in [1.165, 1.54) is 11.1 Å². The van der Waals surface area contributed by atoms with Gasteiger partial charge in [0.05, 0.1) is 36.7 Å². The van der Waals surface area contributed by atoms with Crippen LogP contribution in [0.5, 0.6) is 0 Å². The van der Waals surface area contributed by atoms with E-state index in [1.807, 2.05) is 12.4 Å². The summed E-state index contributed by atoms with van der Waals surface area (Å²) in [4.78, 5) is 15.9. The molecule has 5 nitrogen and oxygen atoms in total. The molecule has 0 aromatic carbocycles. The zero-order valence-corrected chi connectivity index (χ0v) is 12.4. The van der Waals surface area contributed by atoms with Crippen molar-refractivity contribution in [2.45, 2.75) is 13.5 Å². The number of aromatic nitrogens is 3. The molecule has 0 fully saturated rings. The average Bonchev–Trinajstić information content (AvgIpc) is 2.80. The van der Waals surface area contributed by atoms with E-state index in [0.717, 1.165) is 24.6 Å². The van der Waals surface area contributed by atoms with Crippen LogP contribution in [-0.2, 0) is 11.3 Å². The summed E-state index contributed by atoms with van der Waals surface area (Å²) >= 11 is 7.53. The molecule has 0 saturated carbocycles. The van der Waals surface area contributed by atoms with E-state index in [-0.39, 0.29) is 0 Å². The van der Waals surface area contributed by atoms with E-state index in [4.69, 9.17) is 16.3 Å². The van der Waals surface area contributed by atoms with Crippen LogP contribution in [-0.4, -0.2) is 35.2 Å². The van der Waals surface area contributed by atoms with E-state index < -0.39 is 0 Å². The highest BCUT2D eigenvalue weighted by Crippen LogP contribution is 2.19. The van der Waals surface area contributed by atoms with Crippen LogP contribution in [0.3, 0.4) is 0 Å². The molecule has 102 valence electrons. The minimum Gasteiger partial charge on any atom is -0.383 e. The van der Waals surface area contributed by atoms with Crippen molar-refractivity contribution in [1.82, 2.24) is 15.0 Å². The Kier molecular flexibility index (Phi) is 5.07. The van der Waals surface area contributed by atoms with Crippen LogP contribution in [0.15, 0.2) is 17.9 Å². The molecule has 0 unspecified atom stereocenters. The third-order valence-corrected chi connectivity index (χ3v) is 3.76. The minimum atomic E-state index is 0.390. The second kappa shape index (κ2) is 6.79. The summed E-state index contributed by atoms with van der Waals surface area (Å²) in [6.07, 6.45) is 3.23. The number of thiazole rings is 1. The first kappa shape index (κ1) is 14.2. The monoisotopic (exact) mass is 298 g/mol. The second-order valence-corrected chi connectivity index (χ2v) is 5.30. The van der Waals surface area contributed by atoms with Crippen LogP contribution in [0.1, 0.15) is 10.6 Å². The van der Waals surface area contributed by atoms with Crippen LogP contribution in [0, 0.1) is 6.92 Å². The molecular formula is C12H15ClN4OS. The van der Waals surface area contributed by atoms with Crippen LogP contribution in [0.2, 0.25) is 5.15 Å². The molecule has 2 heterocycles. The number of hydrogen-bond donors (Lipinski definition) is 0. The Morgan fingerprint density at radius 3 is 2.89 bits per heavy atom. The van der Waals surface area contributed by atoms with Crippen molar-refractivity contribution in [2.24, 2.45) is 0 Å². The third kappa shape index (κ3) is 3.86. The molecule has 2 rings (SSSR count). The van der Waals surface area contributed by atoms with Gasteiger partial charge in [-0.05, 0) is 6.92 Å². The Balaban J connectivity index is 2.18. The first-order valence-electron chi connectivity index (χ1n) is 5.81. The maximum absolute atomic E-state index is 5.89. The van der Waals surface area contributed by atoms with Gasteiger partial charge in [-0.15, -0.1) is 11.3 Å². The molecule has 0 amide bonds. The molecule has 0 aliphatic carbocycles. The number of nitrogens with zero attached hydrogens (tertiary/aromatic N) is 4. The fourth-order valence-electron chi connectivity index (χ4n) is 1.61. The molecular weight excluding hydrogens is 284 g/mol. The number of rotatable bonds is 6. The highest BCUT2D eigenvalue weighted by atomic mass is 35.5. The SMILES string of the molecule is COCCN(Cc1scnc1C)c1cncc(Cl)n1. The first-order valence-corrected chi connectivity index (χ1v) is 7.07. The maximum Gasteiger partial charge on any atom is 0.149 e. The standard InChI is InChI=1S/C12H15ClN4OS/c1-9-10(19-8-15-9)7-17(3-4-18-2)12-6-14-5-11(13)16-12/h5-6,8H,3-4,7H2,1-2H3. The van der Waals surface area contributed by atoms with Crippen LogP contribution >= 0.6 is 22.9 Å². The minimum absolute atomic E-state index is 0.390. The van der Waals surface area contributed by atoms with Gasteiger partial charge in [-0.2, -0.15) is 0 Å². The molecule has 0 saturated heterocycles. The van der Waals surface area contributed by atoms with Gasteiger partial charge in [-0.1, -0.05) is 11.6 Å². The van der Waals surface area contributed by atoms with Gasteiger partial charge in [0.2, 0.25) is 0 Å². The largest absolute Gasteiger partial charge is 0.383 e. The number of anilines is 1. The van der Waals surface area contributed by atoms with Crippen LogP contribution < -0.4 is 4.90 Å². The highest BCUT2D eigenvalue weighted by molar-refractivity contribution is 7.09. The Morgan fingerprint density at radius 2 is 2.26 bits per heavy atom. The normalized spacial score (nSPS) is 10.7. The predicted molar refractivity (Wildman–Crippen MR) is 76.8 cm³/mol. The number of halogens is 1. The van der Waals surface area contributed by atoms with Gasteiger partial charge < -0.3 is 9.64 Å². The van der Waals surface area contributed by atoms with Gasteiger partial charge in [-0.25, -0.2) is 9.97 Å². The fraction of sp³-hybridized carbons (Fsp3) is 0.417. The molecule has 0 spiro atoms.